The number of nitrogens with two attached hydrogens (primary N) is 1. The highest BCUT2D eigenvalue weighted by Crippen LogP contribution is 2.14. The molecule has 0 aromatic heterocycles. The van der Waals surface area contributed by atoms with Gasteiger partial charge in [-0.15, -0.1) is 0 Å². The van der Waals surface area contributed by atoms with Crippen molar-refractivity contribution in [1.29, 1.82) is 0 Å². The lowest BCUT2D eigenvalue weighted by Gasteiger charge is -2.13. The van der Waals surface area contributed by atoms with E-state index in [1.165, 1.54) is 38.3 Å². The predicted octanol–water partition coefficient (Wildman–Crippen LogP) is 0.435. The molecule has 0 heterocycles. The van der Waals surface area contributed by atoms with E-state index in [1.807, 2.05) is 5.32 Å². The van der Waals surface area contributed by atoms with Crippen LogP contribution < -0.4 is 15.8 Å². The van der Waals surface area contributed by atoms with E-state index in [2.05, 4.69) is 4.74 Å². The Hall–Kier alpha value is -2.57. The molecular formula is C12H14N2O5. The lowest BCUT2D eigenvalue weighted by atomic mass is 10.2. The molecule has 0 aliphatic carbocycles. The highest BCUT2D eigenvalue weighted by Gasteiger charge is 2.16. The standard InChI is InChI=1S/C12H14N2O5/c1-7(10(15)14-12(13)17)19-9-5-3-8(4-6-9)11(16)18-2/h3-7H,1-2H3,(H3,13,14,15,17)/t7-/m1/s1. The van der Waals surface area contributed by atoms with Gasteiger partial charge < -0.3 is 15.2 Å². The van der Waals surface area contributed by atoms with Crippen molar-refractivity contribution in [2.75, 3.05) is 7.11 Å². The summed E-state index contributed by atoms with van der Waals surface area (Å²) in [6, 6.07) is 5.09. The van der Waals surface area contributed by atoms with Crippen LogP contribution in [0.2, 0.25) is 0 Å². The van der Waals surface area contributed by atoms with Crippen LogP contribution >= 0.6 is 0 Å². The van der Waals surface area contributed by atoms with E-state index in [1.54, 1.807) is 0 Å². The summed E-state index contributed by atoms with van der Waals surface area (Å²) in [5.74, 6) is -0.740. The second kappa shape index (κ2) is 6.39. The van der Waals surface area contributed by atoms with E-state index >= 15 is 0 Å². The van der Waals surface area contributed by atoms with E-state index in [-0.39, 0.29) is 0 Å². The first-order valence-corrected chi connectivity index (χ1v) is 5.39. The summed E-state index contributed by atoms with van der Waals surface area (Å²) in [7, 11) is 1.28. The summed E-state index contributed by atoms with van der Waals surface area (Å²) >= 11 is 0. The van der Waals surface area contributed by atoms with Crippen molar-refractivity contribution in [3.05, 3.63) is 29.8 Å². The quantitative estimate of drug-likeness (QED) is 0.768. The molecule has 0 bridgehead atoms. The third-order valence-electron chi connectivity index (χ3n) is 2.20. The fourth-order valence-electron chi connectivity index (χ4n) is 1.27. The Balaban J connectivity index is 2.65. The second-order valence-corrected chi connectivity index (χ2v) is 3.63. The zero-order valence-electron chi connectivity index (χ0n) is 10.5. The SMILES string of the molecule is COC(=O)c1ccc(O[C@H](C)C(=O)NC(N)=O)cc1. The average molecular weight is 266 g/mol. The van der Waals surface area contributed by atoms with Crippen molar-refractivity contribution in [1.82, 2.24) is 5.32 Å². The van der Waals surface area contributed by atoms with Crippen LogP contribution in [0, 0.1) is 0 Å². The maximum absolute atomic E-state index is 11.4. The molecular weight excluding hydrogens is 252 g/mol. The van der Waals surface area contributed by atoms with Gasteiger partial charge in [0.15, 0.2) is 6.10 Å². The summed E-state index contributed by atoms with van der Waals surface area (Å²) in [5.41, 5.74) is 5.18. The average Bonchev–Trinajstić information content (AvgIpc) is 2.37. The Morgan fingerprint density at radius 3 is 2.26 bits per heavy atom. The van der Waals surface area contributed by atoms with E-state index in [9.17, 15) is 14.4 Å². The van der Waals surface area contributed by atoms with E-state index in [0.717, 1.165) is 0 Å². The van der Waals surface area contributed by atoms with Gasteiger partial charge in [-0.2, -0.15) is 0 Å². The lowest BCUT2D eigenvalue weighted by Crippen LogP contribution is -2.42. The fraction of sp³-hybridized carbons (Fsp3) is 0.250. The number of rotatable bonds is 4. The Labute approximate surface area is 109 Å². The molecule has 0 saturated heterocycles. The van der Waals surface area contributed by atoms with Crippen LogP contribution in [-0.2, 0) is 9.53 Å². The first kappa shape index (κ1) is 14.5. The molecule has 0 fully saturated rings. The molecule has 0 aliphatic rings. The molecule has 1 aromatic carbocycles. The van der Waals surface area contributed by atoms with Crippen molar-refractivity contribution >= 4 is 17.9 Å². The summed E-state index contributed by atoms with van der Waals surface area (Å²) in [6.07, 6.45) is -0.892. The molecule has 7 heteroatoms. The number of urea groups is 1. The largest absolute Gasteiger partial charge is 0.481 e. The fourth-order valence-corrected chi connectivity index (χ4v) is 1.27. The minimum Gasteiger partial charge on any atom is -0.481 e. The zero-order chi connectivity index (χ0) is 14.4. The smallest absolute Gasteiger partial charge is 0.337 e. The number of esters is 1. The van der Waals surface area contributed by atoms with Gasteiger partial charge in [0.25, 0.3) is 5.91 Å². The van der Waals surface area contributed by atoms with Gasteiger partial charge in [-0.1, -0.05) is 0 Å². The number of hydrogen-bond acceptors (Lipinski definition) is 5. The van der Waals surface area contributed by atoms with Crippen LogP contribution in [0.3, 0.4) is 0 Å². The van der Waals surface area contributed by atoms with Crippen LogP contribution in [0.4, 0.5) is 4.79 Å². The van der Waals surface area contributed by atoms with Gasteiger partial charge in [0.05, 0.1) is 12.7 Å². The Morgan fingerprint density at radius 1 is 1.21 bits per heavy atom. The first-order valence-electron chi connectivity index (χ1n) is 5.39. The topological polar surface area (TPSA) is 108 Å². The number of amides is 3. The van der Waals surface area contributed by atoms with E-state index in [4.69, 9.17) is 10.5 Å². The van der Waals surface area contributed by atoms with Gasteiger partial charge in [0.1, 0.15) is 5.75 Å². The number of imide groups is 1. The lowest BCUT2D eigenvalue weighted by molar-refractivity contribution is -0.126. The Bertz CT molecular complexity index is 483. The van der Waals surface area contributed by atoms with Crippen LogP contribution in [0.5, 0.6) is 5.75 Å². The zero-order valence-corrected chi connectivity index (χ0v) is 10.5. The third-order valence-corrected chi connectivity index (χ3v) is 2.20. The van der Waals surface area contributed by atoms with Crippen molar-refractivity contribution in [2.24, 2.45) is 5.73 Å². The van der Waals surface area contributed by atoms with Crippen molar-refractivity contribution in [2.45, 2.75) is 13.0 Å². The minimum absolute atomic E-state index is 0.365. The third kappa shape index (κ3) is 4.30. The molecule has 1 aromatic rings. The first-order chi connectivity index (χ1) is 8.93. The predicted molar refractivity (Wildman–Crippen MR) is 65.6 cm³/mol. The molecule has 0 unspecified atom stereocenters. The Morgan fingerprint density at radius 2 is 1.79 bits per heavy atom. The maximum atomic E-state index is 11.4. The van der Waals surface area contributed by atoms with Crippen LogP contribution in [0.15, 0.2) is 24.3 Å². The van der Waals surface area contributed by atoms with Gasteiger partial charge in [-0.05, 0) is 31.2 Å². The number of primary amides is 1. The number of benzene rings is 1. The molecule has 7 nitrogen and oxygen atoms in total. The molecule has 0 saturated carbocycles. The van der Waals surface area contributed by atoms with Crippen LogP contribution in [0.25, 0.3) is 0 Å². The molecule has 102 valence electrons. The van der Waals surface area contributed by atoms with E-state index in [0.29, 0.717) is 11.3 Å². The minimum atomic E-state index is -0.943. The molecule has 0 aliphatic heterocycles. The number of carbonyl (C=O) groups is 3. The summed E-state index contributed by atoms with van der Waals surface area (Å²) in [5, 5.41) is 1.90. The van der Waals surface area contributed by atoms with Crippen molar-refractivity contribution < 1.29 is 23.9 Å². The molecule has 1 rings (SSSR count). The maximum Gasteiger partial charge on any atom is 0.337 e. The number of ether oxygens (including phenoxy) is 2. The highest BCUT2D eigenvalue weighted by molar-refractivity contribution is 5.95. The van der Waals surface area contributed by atoms with E-state index < -0.39 is 24.0 Å². The summed E-state index contributed by atoms with van der Waals surface area (Å²) < 4.78 is 9.82. The van der Waals surface area contributed by atoms with Gasteiger partial charge in [-0.3, -0.25) is 10.1 Å². The molecule has 3 N–H and O–H groups in total. The van der Waals surface area contributed by atoms with Gasteiger partial charge in [0.2, 0.25) is 0 Å². The van der Waals surface area contributed by atoms with Crippen molar-refractivity contribution in [3.8, 4) is 5.75 Å². The number of hydrogen-bond donors (Lipinski definition) is 2. The molecule has 0 radical (unpaired) electrons. The van der Waals surface area contributed by atoms with Crippen LogP contribution in [0.1, 0.15) is 17.3 Å². The number of methoxy groups -OCH3 is 1. The molecule has 1 atom stereocenters. The Kier molecular flexibility index (Phi) is 4.87. The van der Waals surface area contributed by atoms with Gasteiger partial charge in [-0.25, -0.2) is 9.59 Å². The molecule has 3 amide bonds. The normalized spacial score (nSPS) is 11.3. The van der Waals surface area contributed by atoms with Gasteiger partial charge in [0, 0.05) is 0 Å². The summed E-state index contributed by atoms with van der Waals surface area (Å²) in [6.45, 7) is 1.46. The summed E-state index contributed by atoms with van der Waals surface area (Å²) in [4.78, 5) is 33.1. The number of nitrogens with one attached hydrogen (secondary N) is 1. The van der Waals surface area contributed by atoms with Crippen LogP contribution in [-0.4, -0.2) is 31.1 Å². The van der Waals surface area contributed by atoms with Gasteiger partial charge >= 0.3 is 12.0 Å². The van der Waals surface area contributed by atoms with Crippen molar-refractivity contribution in [3.63, 3.8) is 0 Å². The number of carbonyl (C=O) groups excluding carboxylic acids is 3. The second-order valence-electron chi connectivity index (χ2n) is 3.63. The molecule has 19 heavy (non-hydrogen) atoms. The monoisotopic (exact) mass is 266 g/mol. The highest BCUT2D eigenvalue weighted by atomic mass is 16.5. The molecule has 0 spiro atoms.